The number of piperidine rings is 1. The molecular formula is C18H24N5S3+. The first kappa shape index (κ1) is 18.0. The molecule has 1 saturated heterocycles. The molecule has 1 fully saturated rings. The number of benzene rings is 1. The summed E-state index contributed by atoms with van der Waals surface area (Å²) in [7, 11) is 0. The van der Waals surface area contributed by atoms with Crippen molar-refractivity contribution in [1.82, 2.24) is 14.8 Å². The number of likely N-dealkylation sites (tertiary alicyclic amines) is 1. The van der Waals surface area contributed by atoms with Crippen molar-refractivity contribution < 1.29 is 4.90 Å². The van der Waals surface area contributed by atoms with E-state index in [2.05, 4.69) is 41.6 Å². The SMILES string of the molecule is CCCNc1nn(C[NH+]2CCC[C@H](c3nc4ccccc4s3)C2)c(=S)s1. The van der Waals surface area contributed by atoms with Crippen LogP contribution in [0.25, 0.3) is 10.2 Å². The molecule has 0 saturated carbocycles. The maximum absolute atomic E-state index is 5.51. The zero-order valence-corrected chi connectivity index (χ0v) is 17.4. The zero-order chi connectivity index (χ0) is 17.9. The minimum Gasteiger partial charge on any atom is -0.360 e. The predicted octanol–water partition coefficient (Wildman–Crippen LogP) is 3.53. The van der Waals surface area contributed by atoms with Gasteiger partial charge in [0, 0.05) is 6.54 Å². The van der Waals surface area contributed by atoms with E-state index in [1.165, 1.54) is 29.1 Å². The summed E-state index contributed by atoms with van der Waals surface area (Å²) in [5.41, 5.74) is 1.13. The van der Waals surface area contributed by atoms with Crippen LogP contribution in [-0.2, 0) is 6.67 Å². The Bertz CT molecular complexity index is 895. The number of para-hydroxylation sites is 1. The van der Waals surface area contributed by atoms with Crippen molar-refractivity contribution in [1.29, 1.82) is 0 Å². The molecule has 138 valence electrons. The van der Waals surface area contributed by atoms with Crippen molar-refractivity contribution in [2.75, 3.05) is 25.0 Å². The van der Waals surface area contributed by atoms with Gasteiger partial charge in [-0.15, -0.1) is 16.4 Å². The standard InChI is InChI=1S/C18H23N5S3/c1-2-9-19-17-21-23(18(24)26-17)12-22-10-5-6-13(11-22)16-20-14-7-3-4-8-15(14)25-16/h3-4,7-8,13H,2,5-6,9-12H2,1H3,(H,19,21)/p+1/t13-/m0/s1. The first-order valence-electron chi connectivity index (χ1n) is 9.24. The Hall–Kier alpha value is -1.35. The van der Waals surface area contributed by atoms with Crippen molar-refractivity contribution in [2.24, 2.45) is 0 Å². The van der Waals surface area contributed by atoms with Crippen LogP contribution in [-0.4, -0.2) is 34.4 Å². The lowest BCUT2D eigenvalue weighted by molar-refractivity contribution is -0.929. The Morgan fingerprint density at radius 1 is 1.35 bits per heavy atom. The number of hydrogen-bond acceptors (Lipinski definition) is 6. The Labute approximate surface area is 166 Å². The highest BCUT2D eigenvalue weighted by molar-refractivity contribution is 7.73. The maximum Gasteiger partial charge on any atom is 0.204 e. The Kier molecular flexibility index (Phi) is 5.63. The van der Waals surface area contributed by atoms with E-state index in [1.54, 1.807) is 16.2 Å². The molecule has 1 unspecified atom stereocenters. The van der Waals surface area contributed by atoms with Gasteiger partial charge in [0.1, 0.15) is 5.01 Å². The summed E-state index contributed by atoms with van der Waals surface area (Å²) in [4.78, 5) is 6.43. The second kappa shape index (κ2) is 8.12. The van der Waals surface area contributed by atoms with Crippen LogP contribution in [0.5, 0.6) is 0 Å². The van der Waals surface area contributed by atoms with Gasteiger partial charge >= 0.3 is 0 Å². The fourth-order valence-corrected chi connectivity index (χ4v) is 5.63. The highest BCUT2D eigenvalue weighted by Gasteiger charge is 2.27. The lowest BCUT2D eigenvalue weighted by Crippen LogP contribution is -3.12. The summed E-state index contributed by atoms with van der Waals surface area (Å²) in [6.07, 6.45) is 3.55. The smallest absolute Gasteiger partial charge is 0.204 e. The molecule has 26 heavy (non-hydrogen) atoms. The number of quaternary nitrogens is 1. The lowest BCUT2D eigenvalue weighted by atomic mass is 9.99. The largest absolute Gasteiger partial charge is 0.360 e. The molecule has 0 aliphatic carbocycles. The molecule has 5 nitrogen and oxygen atoms in total. The molecule has 8 heteroatoms. The van der Waals surface area contributed by atoms with Crippen molar-refractivity contribution in [3.63, 3.8) is 0 Å². The van der Waals surface area contributed by atoms with Gasteiger partial charge in [-0.05, 0) is 43.6 Å². The molecule has 3 heterocycles. The molecule has 1 aliphatic heterocycles. The highest BCUT2D eigenvalue weighted by Crippen LogP contribution is 2.30. The van der Waals surface area contributed by atoms with Gasteiger partial charge in [0.2, 0.25) is 5.13 Å². The molecule has 2 N–H and O–H groups in total. The maximum atomic E-state index is 5.51. The van der Waals surface area contributed by atoms with Gasteiger partial charge in [-0.1, -0.05) is 30.4 Å². The molecule has 4 rings (SSSR count). The minimum absolute atomic E-state index is 0.543. The second-order valence-electron chi connectivity index (χ2n) is 6.82. The topological polar surface area (TPSA) is 47.2 Å². The quantitative estimate of drug-likeness (QED) is 0.615. The fourth-order valence-electron chi connectivity index (χ4n) is 3.49. The second-order valence-corrected chi connectivity index (χ2v) is 9.51. The first-order chi connectivity index (χ1) is 12.7. The third-order valence-electron chi connectivity index (χ3n) is 4.78. The molecule has 2 aromatic heterocycles. The molecule has 1 aromatic carbocycles. The van der Waals surface area contributed by atoms with E-state index in [1.807, 2.05) is 16.0 Å². The molecule has 1 aliphatic rings. The van der Waals surface area contributed by atoms with E-state index in [0.717, 1.165) is 40.8 Å². The number of nitrogens with one attached hydrogen (secondary N) is 2. The first-order valence-corrected chi connectivity index (χ1v) is 11.3. The van der Waals surface area contributed by atoms with Crippen LogP contribution in [0.4, 0.5) is 5.13 Å². The number of anilines is 1. The summed E-state index contributed by atoms with van der Waals surface area (Å²) < 4.78 is 4.15. The van der Waals surface area contributed by atoms with Crippen LogP contribution in [0.15, 0.2) is 24.3 Å². The predicted molar refractivity (Wildman–Crippen MR) is 112 cm³/mol. The summed E-state index contributed by atoms with van der Waals surface area (Å²) in [6.45, 7) is 6.24. The van der Waals surface area contributed by atoms with E-state index in [-0.39, 0.29) is 0 Å². The highest BCUT2D eigenvalue weighted by atomic mass is 32.1. The molecule has 3 aromatic rings. The average molecular weight is 407 g/mol. The van der Waals surface area contributed by atoms with Crippen LogP contribution in [0.2, 0.25) is 0 Å². The molecule has 0 spiro atoms. The number of hydrogen-bond donors (Lipinski definition) is 2. The fraction of sp³-hybridized carbons (Fsp3) is 0.500. The monoisotopic (exact) mass is 406 g/mol. The zero-order valence-electron chi connectivity index (χ0n) is 14.9. The Balaban J connectivity index is 1.45. The summed E-state index contributed by atoms with van der Waals surface area (Å²) >= 11 is 8.94. The van der Waals surface area contributed by atoms with Crippen LogP contribution >= 0.6 is 34.9 Å². The van der Waals surface area contributed by atoms with Gasteiger partial charge in [-0.2, -0.15) is 4.68 Å². The number of thiazole rings is 1. The molecular weight excluding hydrogens is 382 g/mol. The van der Waals surface area contributed by atoms with E-state index >= 15 is 0 Å². The Morgan fingerprint density at radius 2 is 2.23 bits per heavy atom. The van der Waals surface area contributed by atoms with E-state index in [0.29, 0.717) is 5.92 Å². The Morgan fingerprint density at radius 3 is 3.08 bits per heavy atom. The molecule has 0 radical (unpaired) electrons. The van der Waals surface area contributed by atoms with Gasteiger partial charge in [-0.25, -0.2) is 4.98 Å². The number of aromatic nitrogens is 3. The van der Waals surface area contributed by atoms with Crippen LogP contribution in [0, 0.1) is 3.95 Å². The molecule has 2 atom stereocenters. The van der Waals surface area contributed by atoms with Gasteiger partial charge in [0.05, 0.1) is 29.2 Å². The third-order valence-corrected chi connectivity index (χ3v) is 7.25. The van der Waals surface area contributed by atoms with Crippen molar-refractivity contribution >= 4 is 50.2 Å². The van der Waals surface area contributed by atoms with Crippen molar-refractivity contribution in [2.45, 2.75) is 38.8 Å². The van der Waals surface area contributed by atoms with Crippen LogP contribution < -0.4 is 10.2 Å². The van der Waals surface area contributed by atoms with Crippen LogP contribution in [0.1, 0.15) is 37.1 Å². The van der Waals surface area contributed by atoms with Gasteiger partial charge < -0.3 is 10.2 Å². The van der Waals surface area contributed by atoms with Crippen LogP contribution in [0.3, 0.4) is 0 Å². The van der Waals surface area contributed by atoms with E-state index < -0.39 is 0 Å². The number of nitrogens with zero attached hydrogens (tertiary/aromatic N) is 3. The summed E-state index contributed by atoms with van der Waals surface area (Å²) in [5.74, 6) is 0.543. The normalized spacial score (nSPS) is 20.5. The summed E-state index contributed by atoms with van der Waals surface area (Å²) in [6, 6.07) is 8.45. The van der Waals surface area contributed by atoms with E-state index in [4.69, 9.17) is 17.2 Å². The van der Waals surface area contributed by atoms with E-state index in [9.17, 15) is 0 Å². The van der Waals surface area contributed by atoms with Crippen molar-refractivity contribution in [3.8, 4) is 0 Å². The third kappa shape index (κ3) is 3.98. The lowest BCUT2D eigenvalue weighted by Gasteiger charge is -2.28. The molecule has 0 bridgehead atoms. The van der Waals surface area contributed by atoms with Gasteiger partial charge in [0.15, 0.2) is 10.6 Å². The number of rotatable bonds is 6. The summed E-state index contributed by atoms with van der Waals surface area (Å²) in [5, 5.41) is 10.2. The average Bonchev–Trinajstić information content (AvgIpc) is 3.24. The number of fused-ring (bicyclic) bond motifs is 1. The molecule has 0 amide bonds. The van der Waals surface area contributed by atoms with Crippen molar-refractivity contribution in [3.05, 3.63) is 33.2 Å². The minimum atomic E-state index is 0.543. The van der Waals surface area contributed by atoms with Gasteiger partial charge in [0.25, 0.3) is 0 Å². The van der Waals surface area contributed by atoms with Gasteiger partial charge in [-0.3, -0.25) is 0 Å².